The van der Waals surface area contributed by atoms with Gasteiger partial charge in [0.05, 0.1) is 0 Å². The second-order valence-corrected chi connectivity index (χ2v) is 1.51. The molecule has 0 rings (SSSR count). The quantitative estimate of drug-likeness (QED) is 0.542. The van der Waals surface area contributed by atoms with E-state index in [1.807, 2.05) is 0 Å². The molecule has 0 aliphatic carbocycles. The third-order valence-corrected chi connectivity index (χ3v) is 0.739. The summed E-state index contributed by atoms with van der Waals surface area (Å²) in [5, 5.41) is 8.06. The van der Waals surface area contributed by atoms with Gasteiger partial charge in [-0.05, 0) is 0 Å². The van der Waals surface area contributed by atoms with Crippen molar-refractivity contribution in [1.82, 2.24) is 0 Å². The van der Waals surface area contributed by atoms with Crippen molar-refractivity contribution in [2.24, 2.45) is 0 Å². The zero-order valence-electron chi connectivity index (χ0n) is 3.85. The first-order valence-electron chi connectivity index (χ1n) is 1.99. The third kappa shape index (κ3) is 3.76. The number of ketones is 1. The molecule has 0 aromatic rings. The minimum atomic E-state index is -0.382. The van der Waals surface area contributed by atoms with Crippen LogP contribution in [0.3, 0.4) is 0 Å². The lowest BCUT2D eigenvalue weighted by atomic mass is 10.3. The highest BCUT2D eigenvalue weighted by molar-refractivity contribution is 6.19. The number of Topliss-reactive ketones (excluding diaryl/α,β-unsaturated/α-hetero) is 1. The van der Waals surface area contributed by atoms with E-state index in [2.05, 4.69) is 0 Å². The van der Waals surface area contributed by atoms with Crippen LogP contribution in [0.1, 0.15) is 6.42 Å². The molecule has 0 bridgehead atoms. The molecule has 3 heteroatoms. The predicted octanol–water partition coefficient (Wildman–Crippen LogP) is 0.177. The van der Waals surface area contributed by atoms with Gasteiger partial charge < -0.3 is 5.11 Å². The number of halogens is 1. The molecule has 0 saturated heterocycles. The first kappa shape index (κ1) is 6.92. The largest absolute Gasteiger partial charge is 0.389 e. The van der Waals surface area contributed by atoms with E-state index in [4.69, 9.17) is 16.7 Å². The highest BCUT2D eigenvalue weighted by Gasteiger charge is 1.93. The molecule has 42 valence electrons. The molecule has 0 fully saturated rings. The van der Waals surface area contributed by atoms with Gasteiger partial charge in [-0.1, -0.05) is 0 Å². The number of hydrogen-bond donors (Lipinski definition) is 1. The maximum atomic E-state index is 10.1. The first-order valence-corrected chi connectivity index (χ1v) is 2.53. The molecule has 0 amide bonds. The number of aliphatic hydroxyl groups excluding tert-OH is 1. The molecular weight excluding hydrogens is 115 g/mol. The Morgan fingerprint density at radius 1 is 1.71 bits per heavy atom. The van der Waals surface area contributed by atoms with Crippen molar-refractivity contribution in [2.75, 3.05) is 12.5 Å². The van der Waals surface area contributed by atoms with Crippen molar-refractivity contribution in [3.05, 3.63) is 0 Å². The molecule has 0 spiro atoms. The molecule has 0 heterocycles. The van der Waals surface area contributed by atoms with Crippen LogP contribution >= 0.6 is 11.6 Å². The van der Waals surface area contributed by atoms with Crippen molar-refractivity contribution in [1.29, 1.82) is 0 Å². The number of hydrogen-bond acceptors (Lipinski definition) is 2. The van der Waals surface area contributed by atoms with Gasteiger partial charge in [-0.2, -0.15) is 0 Å². The average Bonchev–Trinajstić information content (AvgIpc) is 1.68. The Kier molecular flexibility index (Phi) is 4.04. The summed E-state index contributed by atoms with van der Waals surface area (Å²) in [6, 6.07) is 0. The molecule has 0 saturated carbocycles. The maximum absolute atomic E-state index is 10.1. The van der Waals surface area contributed by atoms with Crippen LogP contribution in [0.15, 0.2) is 0 Å². The van der Waals surface area contributed by atoms with Crippen molar-refractivity contribution in [3.63, 3.8) is 0 Å². The Balaban J connectivity index is 3.00. The Hall–Kier alpha value is -0.0800. The highest BCUT2D eigenvalue weighted by atomic mass is 35.5. The summed E-state index contributed by atoms with van der Waals surface area (Å²) in [5.74, 6) is 0.106. The van der Waals surface area contributed by atoms with E-state index < -0.39 is 0 Å². The van der Waals surface area contributed by atoms with E-state index in [0.29, 0.717) is 5.88 Å². The highest BCUT2D eigenvalue weighted by Crippen LogP contribution is 1.83. The Morgan fingerprint density at radius 3 is 2.43 bits per heavy atom. The van der Waals surface area contributed by atoms with Crippen LogP contribution in [0.25, 0.3) is 0 Å². The van der Waals surface area contributed by atoms with Crippen LogP contribution < -0.4 is 0 Å². The summed E-state index contributed by atoms with van der Waals surface area (Å²) in [7, 11) is 0. The van der Waals surface area contributed by atoms with Crippen molar-refractivity contribution >= 4 is 17.4 Å². The van der Waals surface area contributed by atoms with Gasteiger partial charge in [-0.3, -0.25) is 4.79 Å². The molecule has 2 nitrogen and oxygen atoms in total. The van der Waals surface area contributed by atoms with Gasteiger partial charge in [0, 0.05) is 12.3 Å². The van der Waals surface area contributed by atoms with Crippen molar-refractivity contribution in [3.8, 4) is 0 Å². The van der Waals surface area contributed by atoms with E-state index in [1.54, 1.807) is 0 Å². The van der Waals surface area contributed by atoms with E-state index in [1.165, 1.54) is 0 Å². The fraction of sp³-hybridized carbons (Fsp3) is 0.750. The fourth-order valence-corrected chi connectivity index (χ4v) is 0.395. The number of carbonyl (C=O) groups excluding carboxylic acids is 1. The summed E-state index contributed by atoms with van der Waals surface area (Å²) in [5.41, 5.74) is 0. The van der Waals surface area contributed by atoms with E-state index >= 15 is 0 Å². The number of aliphatic hydroxyl groups is 1. The molecule has 7 heavy (non-hydrogen) atoms. The number of alkyl halides is 1. The molecule has 0 atom stereocenters. The molecule has 0 aromatic heterocycles. The monoisotopic (exact) mass is 122 g/mol. The SMILES string of the molecule is O=C(CO)CCCl. The summed E-state index contributed by atoms with van der Waals surface area (Å²) in [6.07, 6.45) is 0.276. The van der Waals surface area contributed by atoms with Gasteiger partial charge in [-0.15, -0.1) is 11.6 Å². The number of carbonyl (C=O) groups is 1. The molecule has 1 N–H and O–H groups in total. The molecule has 0 aromatic carbocycles. The van der Waals surface area contributed by atoms with Gasteiger partial charge in [-0.25, -0.2) is 0 Å². The van der Waals surface area contributed by atoms with Crippen LogP contribution in [0.2, 0.25) is 0 Å². The van der Waals surface area contributed by atoms with Crippen LogP contribution in [-0.2, 0) is 4.79 Å². The second-order valence-electron chi connectivity index (χ2n) is 1.14. The minimum absolute atomic E-state index is 0.199. The Morgan fingerprint density at radius 2 is 2.29 bits per heavy atom. The first-order chi connectivity index (χ1) is 3.31. The summed E-state index contributed by atoms with van der Waals surface area (Å²) < 4.78 is 0. The standard InChI is InChI=1S/C4H7ClO2/c5-2-1-4(7)3-6/h6H,1-3H2. The second kappa shape index (κ2) is 4.09. The van der Waals surface area contributed by atoms with E-state index in [0.717, 1.165) is 0 Å². The summed E-state index contributed by atoms with van der Waals surface area (Å²) in [6.45, 7) is -0.382. The zero-order valence-corrected chi connectivity index (χ0v) is 4.61. The van der Waals surface area contributed by atoms with Crippen LogP contribution in [-0.4, -0.2) is 23.4 Å². The third-order valence-electron chi connectivity index (χ3n) is 0.550. The van der Waals surface area contributed by atoms with Crippen LogP contribution in [0.4, 0.5) is 0 Å². The smallest absolute Gasteiger partial charge is 0.159 e. The lowest BCUT2D eigenvalue weighted by Crippen LogP contribution is -2.02. The van der Waals surface area contributed by atoms with Gasteiger partial charge in [0.25, 0.3) is 0 Å². The maximum Gasteiger partial charge on any atom is 0.159 e. The zero-order chi connectivity index (χ0) is 5.70. The van der Waals surface area contributed by atoms with Crippen molar-refractivity contribution in [2.45, 2.75) is 6.42 Å². The fourth-order valence-electron chi connectivity index (χ4n) is 0.184. The van der Waals surface area contributed by atoms with Gasteiger partial charge in [0.1, 0.15) is 6.61 Å². The molecule has 0 unspecified atom stereocenters. The lowest BCUT2D eigenvalue weighted by molar-refractivity contribution is -0.121. The Labute approximate surface area is 47.1 Å². The molecule has 0 aliphatic heterocycles. The van der Waals surface area contributed by atoms with E-state index in [-0.39, 0.29) is 18.8 Å². The lowest BCUT2D eigenvalue weighted by Gasteiger charge is -1.85. The normalized spacial score (nSPS) is 8.86. The molecule has 0 radical (unpaired) electrons. The summed E-state index contributed by atoms with van der Waals surface area (Å²) >= 11 is 5.14. The number of rotatable bonds is 3. The molecular formula is C4H7ClO2. The summed E-state index contributed by atoms with van der Waals surface area (Å²) in [4.78, 5) is 10.1. The van der Waals surface area contributed by atoms with Crippen LogP contribution in [0.5, 0.6) is 0 Å². The van der Waals surface area contributed by atoms with Crippen molar-refractivity contribution < 1.29 is 9.90 Å². The topological polar surface area (TPSA) is 37.3 Å². The van der Waals surface area contributed by atoms with Gasteiger partial charge >= 0.3 is 0 Å². The average molecular weight is 123 g/mol. The predicted molar refractivity (Wildman–Crippen MR) is 27.4 cm³/mol. The Bertz CT molecular complexity index is 62.7. The minimum Gasteiger partial charge on any atom is -0.389 e. The van der Waals surface area contributed by atoms with Crippen LogP contribution in [0, 0.1) is 0 Å². The van der Waals surface area contributed by atoms with E-state index in [9.17, 15) is 4.79 Å². The van der Waals surface area contributed by atoms with Gasteiger partial charge in [0.15, 0.2) is 5.78 Å². The molecule has 0 aliphatic rings. The van der Waals surface area contributed by atoms with Gasteiger partial charge in [0.2, 0.25) is 0 Å².